The number of carbonyl (C=O) groups excluding carboxylic acids is 1. The molecule has 4 heteroatoms. The van der Waals surface area contributed by atoms with Gasteiger partial charge in [-0.2, -0.15) is 0 Å². The summed E-state index contributed by atoms with van der Waals surface area (Å²) in [6, 6.07) is 5.54. The van der Waals surface area contributed by atoms with Crippen LogP contribution in [0.25, 0.3) is 0 Å². The number of carbonyl (C=O) groups is 1. The van der Waals surface area contributed by atoms with Crippen molar-refractivity contribution >= 4 is 5.91 Å². The minimum Gasteiger partial charge on any atom is -0.496 e. The molecule has 106 valence electrons. The van der Waals surface area contributed by atoms with Crippen LogP contribution in [-0.4, -0.2) is 31.0 Å². The van der Waals surface area contributed by atoms with Gasteiger partial charge in [0.2, 0.25) is 5.91 Å². The molecule has 0 aliphatic carbocycles. The molecule has 1 rings (SSSR count). The summed E-state index contributed by atoms with van der Waals surface area (Å²) in [7, 11) is 3.42. The quantitative estimate of drug-likeness (QED) is 0.856. The van der Waals surface area contributed by atoms with E-state index in [9.17, 15) is 4.79 Å². The third-order valence-electron chi connectivity index (χ3n) is 3.14. The van der Waals surface area contributed by atoms with E-state index < -0.39 is 6.04 Å². The van der Waals surface area contributed by atoms with Gasteiger partial charge in [0, 0.05) is 19.2 Å². The lowest BCUT2D eigenvalue weighted by molar-refractivity contribution is -0.132. The minimum atomic E-state index is -0.411. The van der Waals surface area contributed by atoms with Crippen LogP contribution in [0.15, 0.2) is 18.2 Å². The smallest absolute Gasteiger partial charge is 0.239 e. The van der Waals surface area contributed by atoms with Crippen LogP contribution in [0.4, 0.5) is 0 Å². The fraction of sp³-hybridized carbons (Fsp3) is 0.533. The van der Waals surface area contributed by atoms with Gasteiger partial charge in [0.15, 0.2) is 0 Å². The average molecular weight is 264 g/mol. The molecule has 0 saturated carbocycles. The van der Waals surface area contributed by atoms with E-state index in [0.29, 0.717) is 13.0 Å². The molecule has 1 aromatic carbocycles. The average Bonchev–Trinajstić information content (AvgIpc) is 2.38. The Kier molecular flexibility index (Phi) is 5.83. The van der Waals surface area contributed by atoms with Crippen molar-refractivity contribution in [3.8, 4) is 5.75 Å². The van der Waals surface area contributed by atoms with Crippen LogP contribution >= 0.6 is 0 Å². The van der Waals surface area contributed by atoms with Crippen LogP contribution in [0.5, 0.6) is 5.75 Å². The van der Waals surface area contributed by atoms with Crippen molar-refractivity contribution in [1.82, 2.24) is 4.90 Å². The molecule has 0 saturated heterocycles. The Morgan fingerprint density at radius 1 is 1.47 bits per heavy atom. The number of rotatable bonds is 6. The molecule has 0 aromatic heterocycles. The maximum absolute atomic E-state index is 12.1. The van der Waals surface area contributed by atoms with Gasteiger partial charge in [-0.15, -0.1) is 0 Å². The third-order valence-corrected chi connectivity index (χ3v) is 3.14. The monoisotopic (exact) mass is 264 g/mol. The molecule has 0 unspecified atom stereocenters. The second-order valence-corrected chi connectivity index (χ2v) is 4.90. The number of benzene rings is 1. The zero-order valence-electron chi connectivity index (χ0n) is 12.3. The van der Waals surface area contributed by atoms with Crippen molar-refractivity contribution < 1.29 is 9.53 Å². The third kappa shape index (κ3) is 4.24. The van der Waals surface area contributed by atoms with Crippen molar-refractivity contribution in [3.63, 3.8) is 0 Å². The van der Waals surface area contributed by atoms with Crippen molar-refractivity contribution in [2.75, 3.05) is 14.2 Å². The Morgan fingerprint density at radius 2 is 2.16 bits per heavy atom. The van der Waals surface area contributed by atoms with Crippen LogP contribution in [0, 0.1) is 6.92 Å². The van der Waals surface area contributed by atoms with Gasteiger partial charge in [-0.25, -0.2) is 0 Å². The molecule has 1 aromatic rings. The second-order valence-electron chi connectivity index (χ2n) is 4.90. The lowest BCUT2D eigenvalue weighted by atomic mass is 10.1. The predicted molar refractivity (Wildman–Crippen MR) is 77.1 cm³/mol. The van der Waals surface area contributed by atoms with Crippen molar-refractivity contribution in [3.05, 3.63) is 29.3 Å². The zero-order chi connectivity index (χ0) is 14.4. The van der Waals surface area contributed by atoms with E-state index in [-0.39, 0.29) is 5.91 Å². The number of methoxy groups -OCH3 is 1. The Hall–Kier alpha value is -1.55. The summed E-state index contributed by atoms with van der Waals surface area (Å²) < 4.78 is 5.32. The highest BCUT2D eigenvalue weighted by molar-refractivity contribution is 5.81. The first-order chi connectivity index (χ1) is 8.99. The van der Waals surface area contributed by atoms with Gasteiger partial charge in [0.05, 0.1) is 13.2 Å². The molecular formula is C15H24N2O2. The molecule has 0 fully saturated rings. The maximum atomic E-state index is 12.1. The highest BCUT2D eigenvalue weighted by Gasteiger charge is 2.18. The van der Waals surface area contributed by atoms with E-state index in [1.54, 1.807) is 19.1 Å². The number of ether oxygens (including phenoxy) is 1. The van der Waals surface area contributed by atoms with E-state index in [1.165, 1.54) is 0 Å². The number of aryl methyl sites for hydroxylation is 1. The summed E-state index contributed by atoms with van der Waals surface area (Å²) in [6.07, 6.45) is 1.63. The number of hydrogen-bond donors (Lipinski definition) is 1. The predicted octanol–water partition coefficient (Wildman–Crippen LogP) is 2.09. The SMILES string of the molecule is CCC[C@@H](N)C(=O)N(C)Cc1cc(C)ccc1OC. The van der Waals surface area contributed by atoms with Gasteiger partial charge >= 0.3 is 0 Å². The summed E-state index contributed by atoms with van der Waals surface area (Å²) in [4.78, 5) is 13.7. The van der Waals surface area contributed by atoms with Crippen LogP contribution in [0.1, 0.15) is 30.9 Å². The number of amides is 1. The fourth-order valence-corrected chi connectivity index (χ4v) is 2.08. The standard InChI is InChI=1S/C15H24N2O2/c1-5-6-13(16)15(18)17(3)10-12-9-11(2)7-8-14(12)19-4/h7-9,13H,5-6,10,16H2,1-4H3/t13-/m1/s1. The topological polar surface area (TPSA) is 55.6 Å². The molecule has 0 radical (unpaired) electrons. The Morgan fingerprint density at radius 3 is 2.74 bits per heavy atom. The highest BCUT2D eigenvalue weighted by atomic mass is 16.5. The molecule has 1 atom stereocenters. The van der Waals surface area contributed by atoms with Crippen molar-refractivity contribution in [2.45, 2.75) is 39.3 Å². The lowest BCUT2D eigenvalue weighted by Gasteiger charge is -2.22. The molecule has 0 bridgehead atoms. The van der Waals surface area contributed by atoms with Crippen molar-refractivity contribution in [1.29, 1.82) is 0 Å². The number of nitrogens with zero attached hydrogens (tertiary/aromatic N) is 1. The molecule has 0 heterocycles. The van der Waals surface area contributed by atoms with Gasteiger partial charge in [0.1, 0.15) is 5.75 Å². The summed E-state index contributed by atoms with van der Waals surface area (Å²) in [5.74, 6) is 0.778. The van der Waals surface area contributed by atoms with Gasteiger partial charge in [-0.3, -0.25) is 4.79 Å². The Bertz CT molecular complexity index is 432. The number of likely N-dealkylation sites (N-methyl/N-ethyl adjacent to an activating group) is 1. The molecule has 4 nitrogen and oxygen atoms in total. The van der Waals surface area contributed by atoms with Crippen LogP contribution in [0.3, 0.4) is 0 Å². The van der Waals surface area contributed by atoms with Crippen LogP contribution in [-0.2, 0) is 11.3 Å². The fourth-order valence-electron chi connectivity index (χ4n) is 2.08. The number of hydrogen-bond acceptors (Lipinski definition) is 3. The molecule has 0 aliphatic rings. The lowest BCUT2D eigenvalue weighted by Crippen LogP contribution is -2.41. The summed E-state index contributed by atoms with van der Waals surface area (Å²) in [5.41, 5.74) is 8.01. The first kappa shape index (κ1) is 15.5. The van der Waals surface area contributed by atoms with E-state index in [4.69, 9.17) is 10.5 Å². The molecule has 2 N–H and O–H groups in total. The molecule has 1 amide bonds. The summed E-state index contributed by atoms with van der Waals surface area (Å²) in [5, 5.41) is 0. The van der Waals surface area contributed by atoms with Gasteiger partial charge in [0.25, 0.3) is 0 Å². The van der Waals surface area contributed by atoms with Crippen LogP contribution in [0.2, 0.25) is 0 Å². The first-order valence-electron chi connectivity index (χ1n) is 6.63. The van der Waals surface area contributed by atoms with E-state index in [1.807, 2.05) is 32.0 Å². The van der Waals surface area contributed by atoms with Gasteiger partial charge in [-0.1, -0.05) is 31.0 Å². The molecular weight excluding hydrogens is 240 g/mol. The summed E-state index contributed by atoms with van der Waals surface area (Å²) in [6.45, 7) is 4.56. The normalized spacial score (nSPS) is 12.1. The largest absolute Gasteiger partial charge is 0.496 e. The highest BCUT2D eigenvalue weighted by Crippen LogP contribution is 2.21. The van der Waals surface area contributed by atoms with Gasteiger partial charge in [-0.05, 0) is 19.4 Å². The maximum Gasteiger partial charge on any atom is 0.239 e. The van der Waals surface area contributed by atoms with E-state index in [2.05, 4.69) is 0 Å². The van der Waals surface area contributed by atoms with Gasteiger partial charge < -0.3 is 15.4 Å². The Balaban J connectivity index is 2.78. The molecule has 19 heavy (non-hydrogen) atoms. The first-order valence-corrected chi connectivity index (χ1v) is 6.63. The van der Waals surface area contributed by atoms with Crippen molar-refractivity contribution in [2.24, 2.45) is 5.73 Å². The number of nitrogens with two attached hydrogens (primary N) is 1. The molecule has 0 spiro atoms. The Labute approximate surface area is 115 Å². The summed E-state index contributed by atoms with van der Waals surface area (Å²) >= 11 is 0. The minimum absolute atomic E-state index is 0.0228. The zero-order valence-corrected chi connectivity index (χ0v) is 12.3. The second kappa shape index (κ2) is 7.14. The van der Waals surface area contributed by atoms with E-state index in [0.717, 1.165) is 23.3 Å². The van der Waals surface area contributed by atoms with E-state index >= 15 is 0 Å². The van der Waals surface area contributed by atoms with Crippen LogP contribution < -0.4 is 10.5 Å². The molecule has 0 aliphatic heterocycles.